The number of hydrogen-bond acceptors (Lipinski definition) is 5. The molecule has 2 aromatic heterocycles. The summed E-state index contributed by atoms with van der Waals surface area (Å²) in [5.74, 6) is 0.336. The molecular formula is C16H19N5O2. The van der Waals surface area contributed by atoms with E-state index in [1.165, 1.54) is 0 Å². The van der Waals surface area contributed by atoms with Crippen LogP contribution in [0.5, 0.6) is 0 Å². The first-order chi connectivity index (χ1) is 11.1. The van der Waals surface area contributed by atoms with E-state index >= 15 is 0 Å². The number of rotatable bonds is 6. The molecule has 0 saturated carbocycles. The summed E-state index contributed by atoms with van der Waals surface area (Å²) in [5, 5.41) is 14.0. The van der Waals surface area contributed by atoms with Crippen molar-refractivity contribution >= 4 is 5.84 Å². The second-order valence-corrected chi connectivity index (χ2v) is 5.18. The number of nitrogens with zero attached hydrogens (tertiary/aromatic N) is 4. The van der Waals surface area contributed by atoms with Gasteiger partial charge in [-0.1, -0.05) is 12.1 Å². The average molecular weight is 313 g/mol. The van der Waals surface area contributed by atoms with Gasteiger partial charge in [0.1, 0.15) is 0 Å². The van der Waals surface area contributed by atoms with Crippen molar-refractivity contribution in [2.75, 3.05) is 6.54 Å². The molecule has 0 radical (unpaired) electrons. The van der Waals surface area contributed by atoms with Gasteiger partial charge in [0.15, 0.2) is 5.84 Å². The van der Waals surface area contributed by atoms with Crippen LogP contribution in [0.25, 0.3) is 0 Å². The predicted octanol–water partition coefficient (Wildman–Crippen LogP) is 2.56. The van der Waals surface area contributed by atoms with Gasteiger partial charge in [-0.25, -0.2) is 0 Å². The molecule has 120 valence electrons. The van der Waals surface area contributed by atoms with Crippen LogP contribution in [0.1, 0.15) is 37.1 Å². The van der Waals surface area contributed by atoms with E-state index in [0.29, 0.717) is 5.84 Å². The SMILES string of the molecule is CC(N=C(C[N+](=O)[O-])NC(C)c1cccnc1)c1cccnc1. The topological polar surface area (TPSA) is 93.3 Å². The summed E-state index contributed by atoms with van der Waals surface area (Å²) in [4.78, 5) is 23.1. The van der Waals surface area contributed by atoms with E-state index in [4.69, 9.17) is 0 Å². The Morgan fingerprint density at radius 3 is 2.35 bits per heavy atom. The van der Waals surface area contributed by atoms with E-state index in [1.54, 1.807) is 24.8 Å². The highest BCUT2D eigenvalue weighted by atomic mass is 16.6. The molecule has 0 fully saturated rings. The zero-order chi connectivity index (χ0) is 16.7. The molecule has 0 aliphatic rings. The summed E-state index contributed by atoms with van der Waals surface area (Å²) < 4.78 is 0. The van der Waals surface area contributed by atoms with Gasteiger partial charge < -0.3 is 5.32 Å². The Morgan fingerprint density at radius 1 is 1.22 bits per heavy atom. The van der Waals surface area contributed by atoms with Crippen molar-refractivity contribution in [1.82, 2.24) is 15.3 Å². The lowest BCUT2D eigenvalue weighted by Crippen LogP contribution is -2.33. The molecule has 2 aromatic rings. The number of nitro groups is 1. The van der Waals surface area contributed by atoms with Crippen LogP contribution in [0.4, 0.5) is 0 Å². The Hall–Kier alpha value is -2.83. The average Bonchev–Trinajstić information content (AvgIpc) is 2.55. The van der Waals surface area contributed by atoms with Crippen LogP contribution in [0.2, 0.25) is 0 Å². The number of amidine groups is 1. The van der Waals surface area contributed by atoms with Crippen LogP contribution in [0.3, 0.4) is 0 Å². The molecule has 7 nitrogen and oxygen atoms in total. The number of hydrogen-bond donors (Lipinski definition) is 1. The van der Waals surface area contributed by atoms with Crippen molar-refractivity contribution in [3.05, 3.63) is 70.3 Å². The van der Waals surface area contributed by atoms with Crippen molar-refractivity contribution in [2.24, 2.45) is 4.99 Å². The van der Waals surface area contributed by atoms with Crippen LogP contribution in [-0.4, -0.2) is 27.3 Å². The lowest BCUT2D eigenvalue weighted by Gasteiger charge is -2.16. The number of pyridine rings is 2. The van der Waals surface area contributed by atoms with Gasteiger partial charge in [-0.2, -0.15) is 0 Å². The molecule has 23 heavy (non-hydrogen) atoms. The first-order valence-electron chi connectivity index (χ1n) is 7.31. The second kappa shape index (κ2) is 7.98. The van der Waals surface area contributed by atoms with Gasteiger partial charge >= 0.3 is 0 Å². The molecule has 1 N–H and O–H groups in total. The second-order valence-electron chi connectivity index (χ2n) is 5.18. The van der Waals surface area contributed by atoms with E-state index in [0.717, 1.165) is 11.1 Å². The molecular weight excluding hydrogens is 294 g/mol. The summed E-state index contributed by atoms with van der Waals surface area (Å²) in [6.45, 7) is 3.45. The van der Waals surface area contributed by atoms with Crippen molar-refractivity contribution < 1.29 is 4.92 Å². The van der Waals surface area contributed by atoms with E-state index in [9.17, 15) is 10.1 Å². The van der Waals surface area contributed by atoms with E-state index in [2.05, 4.69) is 20.3 Å². The molecule has 0 aliphatic heterocycles. The monoisotopic (exact) mass is 313 g/mol. The normalized spacial score (nSPS) is 14.1. The van der Waals surface area contributed by atoms with Crippen LogP contribution in [0.15, 0.2) is 54.0 Å². The number of aromatic nitrogens is 2. The van der Waals surface area contributed by atoms with Crippen molar-refractivity contribution in [3.63, 3.8) is 0 Å². The van der Waals surface area contributed by atoms with E-state index in [1.807, 2.05) is 38.1 Å². The third kappa shape index (κ3) is 5.14. The van der Waals surface area contributed by atoms with Crippen LogP contribution in [-0.2, 0) is 0 Å². The molecule has 2 unspecified atom stereocenters. The van der Waals surface area contributed by atoms with E-state index in [-0.39, 0.29) is 18.6 Å². The van der Waals surface area contributed by atoms with Crippen molar-refractivity contribution in [2.45, 2.75) is 25.9 Å². The third-order valence-corrected chi connectivity index (χ3v) is 3.36. The van der Waals surface area contributed by atoms with Gasteiger partial charge in [-0.15, -0.1) is 0 Å². The highest BCUT2D eigenvalue weighted by Crippen LogP contribution is 2.16. The van der Waals surface area contributed by atoms with Crippen LogP contribution in [0, 0.1) is 10.1 Å². The van der Waals surface area contributed by atoms with Gasteiger partial charge in [0.25, 0.3) is 6.54 Å². The minimum absolute atomic E-state index is 0.122. The quantitative estimate of drug-likeness (QED) is 0.383. The van der Waals surface area contributed by atoms with Gasteiger partial charge in [0.05, 0.1) is 12.1 Å². The van der Waals surface area contributed by atoms with Gasteiger partial charge in [-0.3, -0.25) is 25.1 Å². The standard InChI is InChI=1S/C16H19N5O2/c1-12(14-5-3-7-17-9-14)19-16(11-21(22)23)20-13(2)15-6-4-8-18-10-15/h3-10,12-13H,11H2,1-2H3,(H,19,20). The minimum Gasteiger partial charge on any atom is -0.362 e. The van der Waals surface area contributed by atoms with Gasteiger partial charge in [0, 0.05) is 29.7 Å². The fourth-order valence-corrected chi connectivity index (χ4v) is 2.14. The van der Waals surface area contributed by atoms with Gasteiger partial charge in [-0.05, 0) is 37.1 Å². The largest absolute Gasteiger partial charge is 0.362 e. The molecule has 0 bridgehead atoms. The van der Waals surface area contributed by atoms with Crippen LogP contribution < -0.4 is 5.32 Å². The fourth-order valence-electron chi connectivity index (χ4n) is 2.14. The first kappa shape index (κ1) is 16.5. The van der Waals surface area contributed by atoms with Gasteiger partial charge in [0.2, 0.25) is 0 Å². The number of aliphatic imine (C=N–C) groups is 1. The highest BCUT2D eigenvalue weighted by Gasteiger charge is 2.15. The molecule has 0 amide bonds. The summed E-state index contributed by atoms with van der Waals surface area (Å²) in [7, 11) is 0. The minimum atomic E-state index is -0.391. The maximum Gasteiger partial charge on any atom is 0.259 e. The summed E-state index contributed by atoms with van der Waals surface area (Å²) in [6, 6.07) is 7.13. The Kier molecular flexibility index (Phi) is 5.74. The maximum atomic E-state index is 10.9. The Morgan fingerprint density at radius 2 is 1.83 bits per heavy atom. The molecule has 0 aromatic carbocycles. The highest BCUT2D eigenvalue weighted by molar-refractivity contribution is 5.83. The summed E-state index contributed by atoms with van der Waals surface area (Å²) >= 11 is 0. The van der Waals surface area contributed by atoms with Crippen molar-refractivity contribution in [1.29, 1.82) is 0 Å². The summed E-state index contributed by atoms with van der Waals surface area (Å²) in [6.07, 6.45) is 6.81. The molecule has 2 atom stereocenters. The Labute approximate surface area is 134 Å². The zero-order valence-corrected chi connectivity index (χ0v) is 13.1. The van der Waals surface area contributed by atoms with Crippen molar-refractivity contribution in [3.8, 4) is 0 Å². The number of nitrogens with one attached hydrogen (secondary N) is 1. The lowest BCUT2D eigenvalue weighted by molar-refractivity contribution is -0.463. The van der Waals surface area contributed by atoms with E-state index < -0.39 is 4.92 Å². The van der Waals surface area contributed by atoms with Crippen LogP contribution >= 0.6 is 0 Å². The fraction of sp³-hybridized carbons (Fsp3) is 0.312. The molecule has 0 saturated heterocycles. The molecule has 7 heteroatoms. The third-order valence-electron chi connectivity index (χ3n) is 3.36. The zero-order valence-electron chi connectivity index (χ0n) is 13.1. The molecule has 2 rings (SSSR count). The molecule has 2 heterocycles. The Bertz CT molecular complexity index is 661. The molecule has 0 spiro atoms. The molecule has 0 aliphatic carbocycles. The predicted molar refractivity (Wildman–Crippen MR) is 87.7 cm³/mol. The smallest absolute Gasteiger partial charge is 0.259 e. The lowest BCUT2D eigenvalue weighted by atomic mass is 10.1. The summed E-state index contributed by atoms with van der Waals surface area (Å²) in [5.41, 5.74) is 1.85. The first-order valence-corrected chi connectivity index (χ1v) is 7.31. The Balaban J connectivity index is 2.16. The maximum absolute atomic E-state index is 10.9.